The molecule has 110 valence electrons. The topological polar surface area (TPSA) is 29.1 Å². The van der Waals surface area contributed by atoms with Crippen LogP contribution < -0.4 is 5.32 Å². The van der Waals surface area contributed by atoms with Crippen molar-refractivity contribution in [2.45, 2.75) is 25.3 Å². The van der Waals surface area contributed by atoms with Gasteiger partial charge >= 0.3 is 0 Å². The monoisotopic (exact) mass is 299 g/mol. The third kappa shape index (κ3) is 3.94. The van der Waals surface area contributed by atoms with Gasteiger partial charge in [0.1, 0.15) is 0 Å². The third-order valence-corrected chi connectivity index (χ3v) is 5.38. The number of para-hydroxylation sites is 1. The molecule has 3 rings (SSSR count). The second kappa shape index (κ2) is 6.90. The maximum absolute atomic E-state index is 11.5. The number of anilines is 1. The highest BCUT2D eigenvalue weighted by Crippen LogP contribution is 2.22. The number of benzene rings is 2. The average molecular weight is 299 g/mol. The summed E-state index contributed by atoms with van der Waals surface area (Å²) >= 11 is 0. The molecule has 3 heteroatoms. The Morgan fingerprint density at radius 1 is 0.952 bits per heavy atom. The zero-order valence-corrected chi connectivity index (χ0v) is 12.9. The van der Waals surface area contributed by atoms with E-state index >= 15 is 0 Å². The molecule has 0 radical (unpaired) electrons. The number of hydrogen-bond donors (Lipinski definition) is 1. The van der Waals surface area contributed by atoms with Gasteiger partial charge in [-0.1, -0.05) is 48.5 Å². The fourth-order valence-electron chi connectivity index (χ4n) is 2.79. The smallest absolute Gasteiger partial charge is 0.0378 e. The van der Waals surface area contributed by atoms with Crippen LogP contribution in [0.1, 0.15) is 24.0 Å². The van der Waals surface area contributed by atoms with E-state index in [1.807, 2.05) is 0 Å². The second-order valence-electron chi connectivity index (χ2n) is 5.59. The summed E-state index contributed by atoms with van der Waals surface area (Å²) in [5.74, 6) is 1.66. The van der Waals surface area contributed by atoms with Crippen molar-refractivity contribution in [1.29, 1.82) is 0 Å². The number of nitrogens with one attached hydrogen (secondary N) is 1. The van der Waals surface area contributed by atoms with Gasteiger partial charge in [0.05, 0.1) is 0 Å². The minimum Gasteiger partial charge on any atom is -0.382 e. The zero-order chi connectivity index (χ0) is 14.5. The first-order valence-electron chi connectivity index (χ1n) is 7.54. The van der Waals surface area contributed by atoms with Crippen molar-refractivity contribution >= 4 is 16.5 Å². The first-order chi connectivity index (χ1) is 10.3. The highest BCUT2D eigenvalue weighted by atomic mass is 32.2. The summed E-state index contributed by atoms with van der Waals surface area (Å²) in [6.07, 6.45) is 2.96. The van der Waals surface area contributed by atoms with Crippen LogP contribution >= 0.6 is 0 Å². The molecule has 1 saturated heterocycles. The fourth-order valence-corrected chi connectivity index (χ4v) is 4.09. The van der Waals surface area contributed by atoms with E-state index in [1.54, 1.807) is 0 Å². The molecule has 2 aromatic carbocycles. The fraction of sp³-hybridized carbons (Fsp3) is 0.333. The lowest BCUT2D eigenvalue weighted by Crippen LogP contribution is -2.29. The molecule has 2 aromatic rings. The predicted octanol–water partition coefficient (Wildman–Crippen LogP) is 3.60. The first-order valence-corrected chi connectivity index (χ1v) is 9.03. The summed E-state index contributed by atoms with van der Waals surface area (Å²) < 4.78 is 11.5. The highest BCUT2D eigenvalue weighted by molar-refractivity contribution is 7.85. The Hall–Kier alpha value is -1.61. The van der Waals surface area contributed by atoms with Crippen LogP contribution in [0.15, 0.2) is 54.6 Å². The molecule has 0 amide bonds. The summed E-state index contributed by atoms with van der Waals surface area (Å²) in [5.41, 5.74) is 3.88. The van der Waals surface area contributed by atoms with Gasteiger partial charge in [-0.2, -0.15) is 0 Å². The summed E-state index contributed by atoms with van der Waals surface area (Å²) in [6.45, 7) is 0. The van der Waals surface area contributed by atoms with Gasteiger partial charge in [0.15, 0.2) is 0 Å². The molecule has 0 bridgehead atoms. The zero-order valence-electron chi connectivity index (χ0n) is 12.1. The van der Waals surface area contributed by atoms with Crippen molar-refractivity contribution in [3.8, 4) is 0 Å². The highest BCUT2D eigenvalue weighted by Gasteiger charge is 2.18. The molecule has 1 N–H and O–H groups in total. The molecular weight excluding hydrogens is 278 g/mol. The second-order valence-corrected chi connectivity index (χ2v) is 7.28. The van der Waals surface area contributed by atoms with Crippen molar-refractivity contribution in [3.05, 3.63) is 65.7 Å². The molecule has 0 unspecified atom stereocenters. The first kappa shape index (κ1) is 14.3. The maximum Gasteiger partial charge on any atom is 0.0378 e. The van der Waals surface area contributed by atoms with E-state index < -0.39 is 10.8 Å². The van der Waals surface area contributed by atoms with Crippen LogP contribution in [0.3, 0.4) is 0 Å². The van der Waals surface area contributed by atoms with Gasteiger partial charge in [-0.3, -0.25) is 4.21 Å². The van der Waals surface area contributed by atoms with E-state index in [1.165, 1.54) is 16.8 Å². The van der Waals surface area contributed by atoms with E-state index in [9.17, 15) is 4.21 Å². The predicted molar refractivity (Wildman–Crippen MR) is 90.2 cm³/mol. The number of hydrogen-bond acceptors (Lipinski definition) is 2. The Labute approximate surface area is 129 Å². The van der Waals surface area contributed by atoms with Gasteiger partial charge in [0.2, 0.25) is 0 Å². The largest absolute Gasteiger partial charge is 0.382 e. The molecule has 1 heterocycles. The minimum atomic E-state index is -0.596. The summed E-state index contributed by atoms with van der Waals surface area (Å²) in [4.78, 5) is 0. The molecule has 1 aliphatic heterocycles. The van der Waals surface area contributed by atoms with Crippen molar-refractivity contribution < 1.29 is 4.21 Å². The quantitative estimate of drug-likeness (QED) is 0.934. The van der Waals surface area contributed by atoms with Gasteiger partial charge in [-0.05, 0) is 36.5 Å². The van der Waals surface area contributed by atoms with Crippen LogP contribution in [0.25, 0.3) is 0 Å². The SMILES string of the molecule is O=S1CCC(Nc2ccccc2Cc2ccccc2)CC1. The van der Waals surface area contributed by atoms with Gasteiger partial charge in [0, 0.05) is 34.0 Å². The lowest BCUT2D eigenvalue weighted by atomic mass is 10.0. The van der Waals surface area contributed by atoms with Crippen LogP contribution in [0.5, 0.6) is 0 Å². The van der Waals surface area contributed by atoms with Crippen molar-refractivity contribution in [2.75, 3.05) is 16.8 Å². The van der Waals surface area contributed by atoms with Crippen molar-refractivity contribution in [2.24, 2.45) is 0 Å². The Balaban J connectivity index is 1.72. The van der Waals surface area contributed by atoms with E-state index in [-0.39, 0.29) is 0 Å². The lowest BCUT2D eigenvalue weighted by molar-refractivity contribution is 0.623. The van der Waals surface area contributed by atoms with Crippen LogP contribution in [0, 0.1) is 0 Å². The molecule has 21 heavy (non-hydrogen) atoms. The van der Waals surface area contributed by atoms with E-state index in [0.717, 1.165) is 30.8 Å². The van der Waals surface area contributed by atoms with Gasteiger partial charge in [-0.25, -0.2) is 0 Å². The normalized spacial score (nSPS) is 21.9. The van der Waals surface area contributed by atoms with Crippen molar-refractivity contribution in [3.63, 3.8) is 0 Å². The van der Waals surface area contributed by atoms with E-state index in [4.69, 9.17) is 0 Å². The minimum absolute atomic E-state index is 0.458. The molecule has 2 nitrogen and oxygen atoms in total. The summed E-state index contributed by atoms with van der Waals surface area (Å²) in [7, 11) is -0.596. The van der Waals surface area contributed by atoms with E-state index in [0.29, 0.717) is 6.04 Å². The number of rotatable bonds is 4. The third-order valence-electron chi connectivity index (χ3n) is 4.00. The Morgan fingerprint density at radius 3 is 2.38 bits per heavy atom. The lowest BCUT2D eigenvalue weighted by Gasteiger charge is -2.25. The van der Waals surface area contributed by atoms with E-state index in [2.05, 4.69) is 59.9 Å². The summed E-state index contributed by atoms with van der Waals surface area (Å²) in [5, 5.41) is 3.66. The average Bonchev–Trinajstić information content (AvgIpc) is 2.52. The molecule has 1 fully saturated rings. The Bertz CT molecular complexity index is 602. The standard InChI is InChI=1S/C18H21NOS/c20-21-12-10-17(11-13-21)19-18-9-5-4-8-16(18)14-15-6-2-1-3-7-15/h1-9,17,19H,10-14H2. The molecular formula is C18H21NOS. The Kier molecular flexibility index (Phi) is 4.71. The van der Waals surface area contributed by atoms with Gasteiger partial charge in [-0.15, -0.1) is 0 Å². The maximum atomic E-state index is 11.5. The molecule has 0 aromatic heterocycles. The Morgan fingerprint density at radius 2 is 1.62 bits per heavy atom. The van der Waals surface area contributed by atoms with Crippen LogP contribution in [-0.4, -0.2) is 21.8 Å². The molecule has 0 aliphatic carbocycles. The van der Waals surface area contributed by atoms with Crippen LogP contribution in [-0.2, 0) is 17.2 Å². The van der Waals surface area contributed by atoms with Crippen molar-refractivity contribution in [1.82, 2.24) is 0 Å². The molecule has 0 atom stereocenters. The molecule has 1 aliphatic rings. The van der Waals surface area contributed by atoms with Crippen LogP contribution in [0.2, 0.25) is 0 Å². The van der Waals surface area contributed by atoms with Gasteiger partial charge < -0.3 is 5.32 Å². The van der Waals surface area contributed by atoms with Crippen LogP contribution in [0.4, 0.5) is 5.69 Å². The molecule has 0 spiro atoms. The van der Waals surface area contributed by atoms with Gasteiger partial charge in [0.25, 0.3) is 0 Å². The summed E-state index contributed by atoms with van der Waals surface area (Å²) in [6, 6.07) is 19.5. The molecule has 0 saturated carbocycles.